The molecular formula is C19H25N3O2. The number of benzene rings is 1. The van der Waals surface area contributed by atoms with Gasteiger partial charge >= 0.3 is 0 Å². The molecular weight excluding hydrogens is 302 g/mol. The number of hydrogen-bond donors (Lipinski definition) is 1. The molecule has 0 saturated heterocycles. The van der Waals surface area contributed by atoms with Gasteiger partial charge in [-0.05, 0) is 50.1 Å². The van der Waals surface area contributed by atoms with Crippen molar-refractivity contribution >= 4 is 5.91 Å². The van der Waals surface area contributed by atoms with E-state index >= 15 is 0 Å². The second kappa shape index (κ2) is 7.51. The topological polar surface area (TPSA) is 56.2 Å². The lowest BCUT2D eigenvalue weighted by Gasteiger charge is -2.22. The summed E-state index contributed by atoms with van der Waals surface area (Å²) in [5, 5.41) is 7.62. The molecule has 3 rings (SSSR count). The van der Waals surface area contributed by atoms with Gasteiger partial charge in [0.15, 0.2) is 5.69 Å². The fraction of sp³-hybridized carbons (Fsp3) is 0.474. The van der Waals surface area contributed by atoms with Gasteiger partial charge in [-0.3, -0.25) is 9.48 Å². The minimum Gasteiger partial charge on any atom is -0.497 e. The van der Waals surface area contributed by atoms with E-state index in [1.807, 2.05) is 41.9 Å². The molecule has 0 spiro atoms. The largest absolute Gasteiger partial charge is 0.497 e. The summed E-state index contributed by atoms with van der Waals surface area (Å²) < 4.78 is 7.08. The van der Waals surface area contributed by atoms with E-state index in [0.717, 1.165) is 36.4 Å². The van der Waals surface area contributed by atoms with E-state index in [1.165, 1.54) is 19.3 Å². The number of hydrogen-bond acceptors (Lipinski definition) is 3. The van der Waals surface area contributed by atoms with Crippen molar-refractivity contribution in [1.29, 1.82) is 0 Å². The van der Waals surface area contributed by atoms with Crippen molar-refractivity contribution in [2.45, 2.75) is 51.6 Å². The predicted molar refractivity (Wildman–Crippen MR) is 94.2 cm³/mol. The van der Waals surface area contributed by atoms with Crippen molar-refractivity contribution in [3.8, 4) is 17.0 Å². The number of aryl methyl sites for hydroxylation is 1. The molecule has 1 heterocycles. The monoisotopic (exact) mass is 327 g/mol. The number of aromatic nitrogens is 2. The summed E-state index contributed by atoms with van der Waals surface area (Å²) in [7, 11) is 1.65. The zero-order valence-electron chi connectivity index (χ0n) is 14.4. The number of ether oxygens (including phenoxy) is 1. The fourth-order valence-electron chi connectivity index (χ4n) is 3.27. The summed E-state index contributed by atoms with van der Waals surface area (Å²) in [6.45, 7) is 2.75. The van der Waals surface area contributed by atoms with Crippen LogP contribution in [-0.4, -0.2) is 28.8 Å². The molecule has 5 heteroatoms. The number of nitrogens with one attached hydrogen (secondary N) is 1. The van der Waals surface area contributed by atoms with Crippen LogP contribution in [-0.2, 0) is 6.54 Å². The summed E-state index contributed by atoms with van der Waals surface area (Å²) in [5.74, 6) is 0.750. The molecule has 0 bridgehead atoms. The zero-order chi connectivity index (χ0) is 16.9. The van der Waals surface area contributed by atoms with Crippen LogP contribution in [0.1, 0.15) is 49.5 Å². The molecule has 1 N–H and O–H groups in total. The highest BCUT2D eigenvalue weighted by Gasteiger charge is 2.20. The molecule has 1 amide bonds. The van der Waals surface area contributed by atoms with E-state index in [-0.39, 0.29) is 5.91 Å². The first kappa shape index (κ1) is 16.6. The number of amides is 1. The van der Waals surface area contributed by atoms with Gasteiger partial charge in [0, 0.05) is 18.2 Å². The van der Waals surface area contributed by atoms with Gasteiger partial charge in [0.05, 0.1) is 12.8 Å². The van der Waals surface area contributed by atoms with E-state index in [1.54, 1.807) is 7.11 Å². The molecule has 0 aliphatic heterocycles. The third kappa shape index (κ3) is 3.61. The summed E-state index contributed by atoms with van der Waals surface area (Å²) in [4.78, 5) is 12.5. The van der Waals surface area contributed by atoms with Crippen LogP contribution >= 0.6 is 0 Å². The van der Waals surface area contributed by atoms with Crippen LogP contribution in [0.15, 0.2) is 30.3 Å². The number of methoxy groups -OCH3 is 1. The van der Waals surface area contributed by atoms with Crippen LogP contribution in [0.4, 0.5) is 0 Å². The van der Waals surface area contributed by atoms with E-state index in [2.05, 4.69) is 10.4 Å². The Hall–Kier alpha value is -2.30. The average Bonchev–Trinajstić information content (AvgIpc) is 3.07. The Kier molecular flexibility index (Phi) is 5.18. The minimum absolute atomic E-state index is 0.0659. The second-order valence-corrected chi connectivity index (χ2v) is 6.27. The lowest BCUT2D eigenvalue weighted by atomic mass is 9.95. The van der Waals surface area contributed by atoms with Gasteiger partial charge in [0.1, 0.15) is 5.75 Å². The van der Waals surface area contributed by atoms with Gasteiger partial charge in [-0.1, -0.05) is 19.3 Å². The van der Waals surface area contributed by atoms with E-state index < -0.39 is 0 Å². The molecule has 24 heavy (non-hydrogen) atoms. The third-order valence-electron chi connectivity index (χ3n) is 4.64. The molecule has 1 aromatic carbocycles. The Balaban J connectivity index is 1.79. The quantitative estimate of drug-likeness (QED) is 0.912. The number of nitrogens with zero attached hydrogens (tertiary/aromatic N) is 2. The standard InChI is InChI=1S/C19H25N3O2/c1-3-22-18(14-9-11-16(24-2)12-10-14)13-17(21-22)19(23)20-15-7-5-4-6-8-15/h9-13,15H,3-8H2,1-2H3,(H,20,23). The summed E-state index contributed by atoms with van der Waals surface area (Å²) in [6, 6.07) is 10.00. The first-order chi connectivity index (χ1) is 11.7. The highest BCUT2D eigenvalue weighted by molar-refractivity contribution is 5.93. The third-order valence-corrected chi connectivity index (χ3v) is 4.64. The smallest absolute Gasteiger partial charge is 0.272 e. The number of carbonyl (C=O) groups is 1. The van der Waals surface area contributed by atoms with Crippen molar-refractivity contribution in [2.75, 3.05) is 7.11 Å². The molecule has 5 nitrogen and oxygen atoms in total. The summed E-state index contributed by atoms with van der Waals surface area (Å²) in [5.41, 5.74) is 2.48. The van der Waals surface area contributed by atoms with E-state index in [0.29, 0.717) is 11.7 Å². The molecule has 1 saturated carbocycles. The Morgan fingerprint density at radius 1 is 1.25 bits per heavy atom. The molecule has 1 fully saturated rings. The molecule has 0 unspecified atom stereocenters. The van der Waals surface area contributed by atoms with E-state index in [9.17, 15) is 4.79 Å². The SMILES string of the molecule is CCn1nc(C(=O)NC2CCCCC2)cc1-c1ccc(OC)cc1. The van der Waals surface area contributed by atoms with Crippen LogP contribution in [0.25, 0.3) is 11.3 Å². The fourth-order valence-corrected chi connectivity index (χ4v) is 3.27. The van der Waals surface area contributed by atoms with Crippen molar-refractivity contribution < 1.29 is 9.53 Å². The molecule has 1 aliphatic rings. The zero-order valence-corrected chi connectivity index (χ0v) is 14.4. The Labute approximate surface area is 143 Å². The lowest BCUT2D eigenvalue weighted by Crippen LogP contribution is -2.36. The second-order valence-electron chi connectivity index (χ2n) is 6.27. The maximum Gasteiger partial charge on any atom is 0.272 e. The highest BCUT2D eigenvalue weighted by atomic mass is 16.5. The van der Waals surface area contributed by atoms with Crippen molar-refractivity contribution in [3.63, 3.8) is 0 Å². The van der Waals surface area contributed by atoms with Crippen LogP contribution in [0.3, 0.4) is 0 Å². The first-order valence-corrected chi connectivity index (χ1v) is 8.74. The number of rotatable bonds is 5. The van der Waals surface area contributed by atoms with E-state index in [4.69, 9.17) is 4.74 Å². The molecule has 1 aliphatic carbocycles. The first-order valence-electron chi connectivity index (χ1n) is 8.74. The minimum atomic E-state index is -0.0659. The molecule has 2 aromatic rings. The average molecular weight is 327 g/mol. The maximum atomic E-state index is 12.5. The molecule has 128 valence electrons. The van der Waals surface area contributed by atoms with Gasteiger partial charge in [0.2, 0.25) is 0 Å². The van der Waals surface area contributed by atoms with Crippen LogP contribution < -0.4 is 10.1 Å². The Morgan fingerprint density at radius 3 is 2.58 bits per heavy atom. The number of carbonyl (C=O) groups excluding carboxylic acids is 1. The molecule has 0 radical (unpaired) electrons. The maximum absolute atomic E-state index is 12.5. The van der Waals surface area contributed by atoms with Crippen LogP contribution in [0.2, 0.25) is 0 Å². The molecule has 1 aromatic heterocycles. The predicted octanol–water partition coefficient (Wildman–Crippen LogP) is 3.64. The Morgan fingerprint density at radius 2 is 1.96 bits per heavy atom. The van der Waals surface area contributed by atoms with Crippen molar-refractivity contribution in [1.82, 2.24) is 15.1 Å². The highest BCUT2D eigenvalue weighted by Crippen LogP contribution is 2.24. The van der Waals surface area contributed by atoms with Gasteiger partial charge in [-0.15, -0.1) is 0 Å². The van der Waals surface area contributed by atoms with Gasteiger partial charge in [-0.25, -0.2) is 0 Å². The molecule has 0 atom stereocenters. The summed E-state index contributed by atoms with van der Waals surface area (Å²) >= 11 is 0. The Bertz CT molecular complexity index is 685. The van der Waals surface area contributed by atoms with Crippen LogP contribution in [0, 0.1) is 0 Å². The van der Waals surface area contributed by atoms with Crippen molar-refractivity contribution in [2.24, 2.45) is 0 Å². The van der Waals surface area contributed by atoms with Crippen LogP contribution in [0.5, 0.6) is 5.75 Å². The van der Waals surface area contributed by atoms with Gasteiger partial charge < -0.3 is 10.1 Å². The summed E-state index contributed by atoms with van der Waals surface area (Å²) in [6.07, 6.45) is 5.83. The van der Waals surface area contributed by atoms with Gasteiger partial charge in [-0.2, -0.15) is 5.10 Å². The lowest BCUT2D eigenvalue weighted by molar-refractivity contribution is 0.0922. The van der Waals surface area contributed by atoms with Crippen molar-refractivity contribution in [3.05, 3.63) is 36.0 Å². The normalized spacial score (nSPS) is 15.2. The van der Waals surface area contributed by atoms with Gasteiger partial charge in [0.25, 0.3) is 5.91 Å².